The first-order chi connectivity index (χ1) is 9.49. The second-order valence-corrected chi connectivity index (χ2v) is 4.99. The highest BCUT2D eigenvalue weighted by Crippen LogP contribution is 2.05. The van der Waals surface area contributed by atoms with Crippen LogP contribution in [0.25, 0.3) is 0 Å². The van der Waals surface area contributed by atoms with Crippen LogP contribution in [0.3, 0.4) is 0 Å². The zero-order valence-corrected chi connectivity index (χ0v) is 12.0. The Kier molecular flexibility index (Phi) is 6.73. The lowest BCUT2D eigenvalue weighted by Gasteiger charge is -2.08. The van der Waals surface area contributed by atoms with E-state index in [9.17, 15) is 9.59 Å². The van der Waals surface area contributed by atoms with Crippen LogP contribution < -0.4 is 10.6 Å². The van der Waals surface area contributed by atoms with Crippen LogP contribution in [-0.4, -0.2) is 29.6 Å². The second kappa shape index (κ2) is 8.32. The summed E-state index contributed by atoms with van der Waals surface area (Å²) in [4.78, 5) is 22.5. The second-order valence-electron chi connectivity index (χ2n) is 4.99. The number of carboxylic acids is 1. The van der Waals surface area contributed by atoms with E-state index in [1.54, 1.807) is 18.2 Å². The van der Waals surface area contributed by atoms with Crippen molar-refractivity contribution in [2.45, 2.75) is 39.3 Å². The van der Waals surface area contributed by atoms with Crippen LogP contribution in [0, 0.1) is 0 Å². The molecule has 1 aromatic carbocycles. The SMILES string of the molecule is CC(C)NCCCC(=O)NCc1cccc(C(=O)O)c1. The van der Waals surface area contributed by atoms with E-state index in [0.717, 1.165) is 18.5 Å². The topological polar surface area (TPSA) is 78.4 Å². The molecule has 1 amide bonds. The van der Waals surface area contributed by atoms with Gasteiger partial charge in [0.05, 0.1) is 5.56 Å². The van der Waals surface area contributed by atoms with Gasteiger partial charge in [-0.15, -0.1) is 0 Å². The molecule has 110 valence electrons. The number of hydrogen-bond donors (Lipinski definition) is 3. The molecule has 0 saturated heterocycles. The first kappa shape index (κ1) is 16.2. The van der Waals surface area contributed by atoms with Crippen LogP contribution in [-0.2, 0) is 11.3 Å². The van der Waals surface area contributed by atoms with E-state index in [2.05, 4.69) is 24.5 Å². The van der Waals surface area contributed by atoms with Gasteiger partial charge >= 0.3 is 5.97 Å². The van der Waals surface area contributed by atoms with Crippen molar-refractivity contribution >= 4 is 11.9 Å². The van der Waals surface area contributed by atoms with Gasteiger partial charge in [-0.2, -0.15) is 0 Å². The van der Waals surface area contributed by atoms with Crippen LogP contribution in [0.5, 0.6) is 0 Å². The van der Waals surface area contributed by atoms with E-state index >= 15 is 0 Å². The molecule has 3 N–H and O–H groups in total. The standard InChI is InChI=1S/C15H22N2O3/c1-11(2)16-8-4-7-14(18)17-10-12-5-3-6-13(9-12)15(19)20/h3,5-6,9,11,16H,4,7-8,10H2,1-2H3,(H,17,18)(H,19,20). The number of amides is 1. The molecular weight excluding hydrogens is 256 g/mol. The quantitative estimate of drug-likeness (QED) is 0.633. The number of carboxylic acid groups (broad SMARTS) is 1. The first-order valence-corrected chi connectivity index (χ1v) is 6.81. The molecule has 0 heterocycles. The number of hydrogen-bond acceptors (Lipinski definition) is 3. The van der Waals surface area contributed by atoms with Crippen LogP contribution in [0.4, 0.5) is 0 Å². The fourth-order valence-corrected chi connectivity index (χ4v) is 1.74. The molecule has 0 fully saturated rings. The van der Waals surface area contributed by atoms with Crippen molar-refractivity contribution in [1.82, 2.24) is 10.6 Å². The number of nitrogens with one attached hydrogen (secondary N) is 2. The molecule has 0 aliphatic carbocycles. The van der Waals surface area contributed by atoms with Crippen LogP contribution in [0.15, 0.2) is 24.3 Å². The van der Waals surface area contributed by atoms with Crippen molar-refractivity contribution in [2.75, 3.05) is 6.54 Å². The Morgan fingerprint density at radius 2 is 2.05 bits per heavy atom. The van der Waals surface area contributed by atoms with Gasteiger partial charge in [0, 0.05) is 19.0 Å². The molecule has 0 bridgehead atoms. The summed E-state index contributed by atoms with van der Waals surface area (Å²) >= 11 is 0. The number of aromatic carboxylic acids is 1. The fourth-order valence-electron chi connectivity index (χ4n) is 1.74. The van der Waals surface area contributed by atoms with E-state index in [1.807, 2.05) is 0 Å². The molecule has 0 aliphatic heterocycles. The summed E-state index contributed by atoms with van der Waals surface area (Å²) in [6.45, 7) is 5.31. The Morgan fingerprint density at radius 1 is 1.30 bits per heavy atom. The third-order valence-electron chi connectivity index (χ3n) is 2.80. The average molecular weight is 278 g/mol. The molecule has 0 saturated carbocycles. The molecule has 0 aromatic heterocycles. The molecule has 0 unspecified atom stereocenters. The maximum Gasteiger partial charge on any atom is 0.335 e. The Bertz CT molecular complexity index is 458. The van der Waals surface area contributed by atoms with Crippen molar-refractivity contribution in [3.05, 3.63) is 35.4 Å². The van der Waals surface area contributed by atoms with Gasteiger partial charge in [-0.25, -0.2) is 4.79 Å². The third kappa shape index (κ3) is 6.33. The third-order valence-corrected chi connectivity index (χ3v) is 2.80. The Balaban J connectivity index is 2.30. The van der Waals surface area contributed by atoms with Crippen molar-refractivity contribution in [3.8, 4) is 0 Å². The molecule has 0 atom stereocenters. The largest absolute Gasteiger partial charge is 0.478 e. The lowest BCUT2D eigenvalue weighted by Crippen LogP contribution is -2.27. The summed E-state index contributed by atoms with van der Waals surface area (Å²) in [7, 11) is 0. The zero-order valence-electron chi connectivity index (χ0n) is 12.0. The molecule has 20 heavy (non-hydrogen) atoms. The summed E-state index contributed by atoms with van der Waals surface area (Å²) in [5.74, 6) is -0.978. The molecule has 1 aromatic rings. The van der Waals surface area contributed by atoms with Gasteiger partial charge in [-0.05, 0) is 30.7 Å². The van der Waals surface area contributed by atoms with Gasteiger partial charge in [0.2, 0.25) is 5.91 Å². The van der Waals surface area contributed by atoms with Gasteiger partial charge in [0.25, 0.3) is 0 Å². The van der Waals surface area contributed by atoms with Gasteiger partial charge < -0.3 is 15.7 Å². The predicted molar refractivity (Wildman–Crippen MR) is 77.6 cm³/mol. The summed E-state index contributed by atoms with van der Waals surface area (Å²) in [5, 5.41) is 14.9. The first-order valence-electron chi connectivity index (χ1n) is 6.81. The summed E-state index contributed by atoms with van der Waals surface area (Å²) in [6, 6.07) is 7.01. The Morgan fingerprint density at radius 3 is 2.70 bits per heavy atom. The summed E-state index contributed by atoms with van der Waals surface area (Å²) in [5.41, 5.74) is 1.02. The van der Waals surface area contributed by atoms with Crippen LogP contribution in [0.1, 0.15) is 42.6 Å². The van der Waals surface area contributed by atoms with Gasteiger partial charge in [0.1, 0.15) is 0 Å². The van der Waals surface area contributed by atoms with E-state index in [0.29, 0.717) is 19.0 Å². The molecular formula is C15H22N2O3. The maximum absolute atomic E-state index is 11.6. The lowest BCUT2D eigenvalue weighted by molar-refractivity contribution is -0.121. The normalized spacial score (nSPS) is 10.6. The van der Waals surface area contributed by atoms with Gasteiger partial charge in [-0.3, -0.25) is 4.79 Å². The number of rotatable bonds is 8. The van der Waals surface area contributed by atoms with E-state index in [1.165, 1.54) is 6.07 Å². The summed E-state index contributed by atoms with van der Waals surface area (Å²) < 4.78 is 0. The molecule has 0 spiro atoms. The van der Waals surface area contributed by atoms with E-state index in [4.69, 9.17) is 5.11 Å². The van der Waals surface area contributed by atoms with Crippen molar-refractivity contribution in [3.63, 3.8) is 0 Å². The van der Waals surface area contributed by atoms with Crippen LogP contribution in [0.2, 0.25) is 0 Å². The number of benzene rings is 1. The van der Waals surface area contributed by atoms with Crippen molar-refractivity contribution < 1.29 is 14.7 Å². The number of carbonyl (C=O) groups is 2. The molecule has 1 rings (SSSR count). The van der Waals surface area contributed by atoms with E-state index in [-0.39, 0.29) is 11.5 Å². The van der Waals surface area contributed by atoms with Crippen LogP contribution >= 0.6 is 0 Å². The highest BCUT2D eigenvalue weighted by molar-refractivity contribution is 5.87. The average Bonchev–Trinajstić information content (AvgIpc) is 2.41. The molecule has 0 radical (unpaired) electrons. The molecule has 5 heteroatoms. The monoisotopic (exact) mass is 278 g/mol. The fraction of sp³-hybridized carbons (Fsp3) is 0.467. The van der Waals surface area contributed by atoms with E-state index < -0.39 is 5.97 Å². The predicted octanol–water partition coefficient (Wildman–Crippen LogP) is 1.78. The smallest absolute Gasteiger partial charge is 0.335 e. The number of carbonyl (C=O) groups excluding carboxylic acids is 1. The molecule has 0 aliphatic rings. The lowest BCUT2D eigenvalue weighted by atomic mass is 10.1. The zero-order chi connectivity index (χ0) is 15.0. The molecule has 5 nitrogen and oxygen atoms in total. The van der Waals surface area contributed by atoms with Gasteiger partial charge in [-0.1, -0.05) is 26.0 Å². The minimum atomic E-state index is -0.960. The minimum Gasteiger partial charge on any atom is -0.478 e. The summed E-state index contributed by atoms with van der Waals surface area (Å²) in [6.07, 6.45) is 1.26. The highest BCUT2D eigenvalue weighted by Gasteiger charge is 2.05. The van der Waals surface area contributed by atoms with Crippen molar-refractivity contribution in [1.29, 1.82) is 0 Å². The maximum atomic E-state index is 11.6. The Hall–Kier alpha value is -1.88. The highest BCUT2D eigenvalue weighted by atomic mass is 16.4. The Labute approximate surface area is 119 Å². The van der Waals surface area contributed by atoms with Gasteiger partial charge in [0.15, 0.2) is 0 Å². The van der Waals surface area contributed by atoms with Crippen molar-refractivity contribution in [2.24, 2.45) is 0 Å². The minimum absolute atomic E-state index is 0.0173.